The molecule has 2 N–H and O–H groups in total. The summed E-state index contributed by atoms with van der Waals surface area (Å²) in [7, 11) is 0. The lowest BCUT2D eigenvalue weighted by Crippen LogP contribution is -2.34. The molecule has 1 aliphatic heterocycles. The molecule has 1 saturated heterocycles. The van der Waals surface area contributed by atoms with E-state index < -0.39 is 10.8 Å². The van der Waals surface area contributed by atoms with Gasteiger partial charge in [-0.25, -0.2) is 10.9 Å². The zero-order chi connectivity index (χ0) is 13.3. The minimum absolute atomic E-state index is 0.0352. The molecular weight excluding hydrogens is 274 g/mol. The second kappa shape index (κ2) is 4.84. The summed E-state index contributed by atoms with van der Waals surface area (Å²) in [5, 5.41) is 11.5. The zero-order valence-electron chi connectivity index (χ0n) is 8.90. The minimum Gasteiger partial charge on any atom is -0.267 e. The molecule has 1 heterocycles. The monoisotopic (exact) mass is 281 g/mol. The predicted molar refractivity (Wildman–Crippen MR) is 72.3 cm³/mol. The third-order valence-electron chi connectivity index (χ3n) is 2.20. The van der Waals surface area contributed by atoms with Crippen LogP contribution in [0.4, 0.5) is 5.69 Å². The Labute approximate surface area is 112 Å². The Bertz CT molecular complexity index is 585. The van der Waals surface area contributed by atoms with Crippen LogP contribution >= 0.6 is 24.0 Å². The Hall–Kier alpha value is -1.77. The Kier molecular flexibility index (Phi) is 3.41. The van der Waals surface area contributed by atoms with E-state index in [1.165, 1.54) is 18.2 Å². The first kappa shape index (κ1) is 12.7. The highest BCUT2D eigenvalue weighted by atomic mass is 32.2. The molecule has 1 fully saturated rings. The van der Waals surface area contributed by atoms with Crippen LogP contribution in [0.15, 0.2) is 29.2 Å². The van der Waals surface area contributed by atoms with Crippen molar-refractivity contribution in [2.24, 2.45) is 5.84 Å². The number of thioether (sulfide) groups is 1. The quantitative estimate of drug-likeness (QED) is 0.221. The number of nitrogens with two attached hydrogens (primary N) is 1. The zero-order valence-corrected chi connectivity index (χ0v) is 10.5. The van der Waals surface area contributed by atoms with E-state index in [1.54, 1.807) is 12.1 Å². The van der Waals surface area contributed by atoms with Crippen LogP contribution in [0.1, 0.15) is 5.56 Å². The van der Waals surface area contributed by atoms with E-state index in [0.717, 1.165) is 16.8 Å². The average molecular weight is 281 g/mol. The third kappa shape index (κ3) is 2.40. The van der Waals surface area contributed by atoms with E-state index in [-0.39, 0.29) is 10.0 Å². The molecule has 92 valence electrons. The number of hydrogen-bond acceptors (Lipinski definition) is 6. The fourth-order valence-corrected chi connectivity index (χ4v) is 2.46. The van der Waals surface area contributed by atoms with Crippen molar-refractivity contribution in [1.29, 1.82) is 0 Å². The maximum atomic E-state index is 11.6. The van der Waals surface area contributed by atoms with Crippen LogP contribution in [0, 0.1) is 10.1 Å². The molecular formula is C10H7N3O3S2. The molecule has 0 aromatic heterocycles. The van der Waals surface area contributed by atoms with Crippen LogP contribution in [0.3, 0.4) is 0 Å². The highest BCUT2D eigenvalue weighted by Crippen LogP contribution is 2.30. The van der Waals surface area contributed by atoms with Gasteiger partial charge in [-0.3, -0.25) is 14.9 Å². The first-order chi connectivity index (χ1) is 8.49. The number of rotatable bonds is 2. The molecule has 18 heavy (non-hydrogen) atoms. The van der Waals surface area contributed by atoms with Crippen LogP contribution in [0.25, 0.3) is 6.08 Å². The van der Waals surface area contributed by atoms with Crippen LogP contribution in [-0.4, -0.2) is 20.2 Å². The molecule has 0 radical (unpaired) electrons. The van der Waals surface area contributed by atoms with E-state index in [1.807, 2.05) is 0 Å². The van der Waals surface area contributed by atoms with Gasteiger partial charge in [0.25, 0.3) is 11.6 Å². The summed E-state index contributed by atoms with van der Waals surface area (Å²) in [5.74, 6) is 5.01. The SMILES string of the molecule is NN1C(=O)/C(=C/c2cccc([N+](=O)[O-])c2)SC1=S. The van der Waals surface area contributed by atoms with Crippen molar-refractivity contribution in [3.63, 3.8) is 0 Å². The predicted octanol–water partition coefficient (Wildman–Crippen LogP) is 1.67. The van der Waals surface area contributed by atoms with Gasteiger partial charge >= 0.3 is 0 Å². The molecule has 2 rings (SSSR count). The number of nitrogens with zero attached hydrogens (tertiary/aromatic N) is 2. The minimum atomic E-state index is -0.495. The smallest absolute Gasteiger partial charge is 0.267 e. The van der Waals surface area contributed by atoms with Gasteiger partial charge in [0.1, 0.15) is 0 Å². The number of hydrogen-bond donors (Lipinski definition) is 1. The summed E-state index contributed by atoms with van der Waals surface area (Å²) in [5.41, 5.74) is 0.519. The first-order valence-electron chi connectivity index (χ1n) is 4.76. The number of carbonyl (C=O) groups excluding carboxylic acids is 1. The summed E-state index contributed by atoms with van der Waals surface area (Å²) >= 11 is 5.94. The molecule has 0 atom stereocenters. The fraction of sp³-hybridized carbons (Fsp3) is 0. The Morgan fingerprint density at radius 1 is 1.50 bits per heavy atom. The summed E-state index contributed by atoms with van der Waals surface area (Å²) in [6, 6.07) is 5.97. The van der Waals surface area contributed by atoms with E-state index >= 15 is 0 Å². The second-order valence-electron chi connectivity index (χ2n) is 3.40. The summed E-state index contributed by atoms with van der Waals surface area (Å²) in [4.78, 5) is 22.1. The number of nitro groups is 1. The number of amides is 1. The average Bonchev–Trinajstić information content (AvgIpc) is 2.57. The van der Waals surface area contributed by atoms with Gasteiger partial charge < -0.3 is 0 Å². The van der Waals surface area contributed by atoms with Crippen LogP contribution in [0.2, 0.25) is 0 Å². The maximum absolute atomic E-state index is 11.6. The van der Waals surface area contributed by atoms with Crippen molar-refractivity contribution in [2.75, 3.05) is 0 Å². The molecule has 0 saturated carbocycles. The van der Waals surface area contributed by atoms with Gasteiger partial charge in [0.05, 0.1) is 9.83 Å². The lowest BCUT2D eigenvalue weighted by molar-refractivity contribution is -0.384. The molecule has 0 aliphatic carbocycles. The molecule has 1 aromatic rings. The molecule has 1 aliphatic rings. The van der Waals surface area contributed by atoms with Crippen LogP contribution in [0.5, 0.6) is 0 Å². The van der Waals surface area contributed by atoms with Gasteiger partial charge in [-0.2, -0.15) is 0 Å². The van der Waals surface area contributed by atoms with Crippen molar-refractivity contribution >= 4 is 46.0 Å². The van der Waals surface area contributed by atoms with E-state index in [2.05, 4.69) is 0 Å². The fourth-order valence-electron chi connectivity index (χ4n) is 1.36. The number of non-ortho nitro benzene ring substituents is 1. The van der Waals surface area contributed by atoms with E-state index in [4.69, 9.17) is 18.1 Å². The summed E-state index contributed by atoms with van der Waals surface area (Å²) < 4.78 is 0.261. The van der Waals surface area contributed by atoms with Gasteiger partial charge in [-0.1, -0.05) is 36.1 Å². The highest BCUT2D eigenvalue weighted by Gasteiger charge is 2.29. The topological polar surface area (TPSA) is 89.5 Å². The summed E-state index contributed by atoms with van der Waals surface area (Å²) in [6.45, 7) is 0. The maximum Gasteiger partial charge on any atom is 0.280 e. The molecule has 1 aromatic carbocycles. The van der Waals surface area contributed by atoms with Crippen molar-refractivity contribution in [3.8, 4) is 0 Å². The van der Waals surface area contributed by atoms with Gasteiger partial charge in [-0.15, -0.1) is 0 Å². The van der Waals surface area contributed by atoms with Crippen LogP contribution in [-0.2, 0) is 4.79 Å². The van der Waals surface area contributed by atoms with Crippen molar-refractivity contribution in [1.82, 2.24) is 5.01 Å². The lowest BCUT2D eigenvalue weighted by Gasteiger charge is -2.02. The first-order valence-corrected chi connectivity index (χ1v) is 5.98. The molecule has 1 amide bonds. The van der Waals surface area contributed by atoms with Gasteiger partial charge in [-0.05, 0) is 11.6 Å². The van der Waals surface area contributed by atoms with Gasteiger partial charge in [0.2, 0.25) is 0 Å². The number of carbonyl (C=O) groups is 1. The Morgan fingerprint density at radius 3 is 2.78 bits per heavy atom. The van der Waals surface area contributed by atoms with Gasteiger partial charge in [0.15, 0.2) is 4.32 Å². The van der Waals surface area contributed by atoms with Crippen LogP contribution < -0.4 is 5.84 Å². The van der Waals surface area contributed by atoms with Crippen molar-refractivity contribution in [2.45, 2.75) is 0 Å². The van der Waals surface area contributed by atoms with Crippen molar-refractivity contribution < 1.29 is 9.72 Å². The number of hydrazine groups is 1. The lowest BCUT2D eigenvalue weighted by atomic mass is 10.2. The second-order valence-corrected chi connectivity index (χ2v) is 5.08. The molecule has 0 unspecified atom stereocenters. The third-order valence-corrected chi connectivity index (χ3v) is 3.53. The number of nitro benzene ring substituents is 1. The number of thiocarbonyl (C=S) groups is 1. The summed E-state index contributed by atoms with van der Waals surface area (Å²) in [6.07, 6.45) is 1.53. The van der Waals surface area contributed by atoms with Crippen molar-refractivity contribution in [3.05, 3.63) is 44.8 Å². The number of benzene rings is 1. The van der Waals surface area contributed by atoms with E-state index in [0.29, 0.717) is 10.5 Å². The molecule has 0 bridgehead atoms. The standard InChI is InChI=1S/C10H7N3O3S2/c11-12-9(14)8(18-10(12)17)5-6-2-1-3-7(4-6)13(15)16/h1-5H,11H2/b8-5-. The molecule has 0 spiro atoms. The Balaban J connectivity index is 2.34. The van der Waals surface area contributed by atoms with Gasteiger partial charge in [0, 0.05) is 12.1 Å². The highest BCUT2D eigenvalue weighted by molar-refractivity contribution is 8.26. The Morgan fingerprint density at radius 2 is 2.22 bits per heavy atom. The molecule has 8 heteroatoms. The molecule has 6 nitrogen and oxygen atoms in total. The largest absolute Gasteiger partial charge is 0.280 e. The van der Waals surface area contributed by atoms with E-state index in [9.17, 15) is 14.9 Å². The normalized spacial score (nSPS) is 17.6.